The summed E-state index contributed by atoms with van der Waals surface area (Å²) in [6, 6.07) is 3.88. The van der Waals surface area contributed by atoms with Crippen molar-refractivity contribution in [2.75, 3.05) is 26.4 Å². The zero-order chi connectivity index (χ0) is 15.7. The molecule has 0 atom stereocenters. The standard InChI is InChI=1S/C16H26BrNO3/c1-4-20-15-10-13(11-18)9-14(17)16(15)21-8-7-19-6-5-12(2)3/h9-10,12H,4-8,11,18H2,1-3H3. The van der Waals surface area contributed by atoms with E-state index < -0.39 is 0 Å². The first-order chi connectivity index (χ1) is 10.1. The van der Waals surface area contributed by atoms with Gasteiger partial charge in [-0.1, -0.05) is 13.8 Å². The number of rotatable bonds is 10. The number of benzene rings is 1. The summed E-state index contributed by atoms with van der Waals surface area (Å²) < 4.78 is 17.8. The maximum atomic E-state index is 5.79. The second-order valence-corrected chi connectivity index (χ2v) is 6.04. The lowest BCUT2D eigenvalue weighted by Crippen LogP contribution is -2.10. The van der Waals surface area contributed by atoms with E-state index in [0.717, 1.165) is 28.8 Å². The Balaban J connectivity index is 2.53. The number of hydrogen-bond acceptors (Lipinski definition) is 4. The van der Waals surface area contributed by atoms with E-state index in [4.69, 9.17) is 19.9 Å². The summed E-state index contributed by atoms with van der Waals surface area (Å²) in [6.07, 6.45) is 1.07. The first kappa shape index (κ1) is 18.3. The minimum Gasteiger partial charge on any atom is -0.490 e. The zero-order valence-corrected chi connectivity index (χ0v) is 14.7. The van der Waals surface area contributed by atoms with Gasteiger partial charge in [0.05, 0.1) is 17.7 Å². The Morgan fingerprint density at radius 3 is 2.52 bits per heavy atom. The SMILES string of the molecule is CCOc1cc(CN)cc(Br)c1OCCOCCC(C)C. The summed E-state index contributed by atoms with van der Waals surface area (Å²) in [6.45, 7) is 9.21. The van der Waals surface area contributed by atoms with Gasteiger partial charge in [0.15, 0.2) is 11.5 Å². The van der Waals surface area contributed by atoms with Crippen molar-refractivity contribution in [3.8, 4) is 11.5 Å². The van der Waals surface area contributed by atoms with Crippen LogP contribution in [0.3, 0.4) is 0 Å². The van der Waals surface area contributed by atoms with Crippen LogP contribution in [-0.4, -0.2) is 26.4 Å². The highest BCUT2D eigenvalue weighted by molar-refractivity contribution is 9.10. The Morgan fingerprint density at radius 1 is 1.14 bits per heavy atom. The van der Waals surface area contributed by atoms with E-state index in [0.29, 0.717) is 38.0 Å². The molecule has 0 saturated carbocycles. The number of hydrogen-bond donors (Lipinski definition) is 1. The Bertz CT molecular complexity index is 424. The topological polar surface area (TPSA) is 53.7 Å². The lowest BCUT2D eigenvalue weighted by molar-refractivity contribution is 0.0911. The van der Waals surface area contributed by atoms with E-state index in [2.05, 4.69) is 29.8 Å². The molecule has 0 fully saturated rings. The second-order valence-electron chi connectivity index (χ2n) is 5.19. The third-order valence-corrected chi connectivity index (χ3v) is 3.51. The quantitative estimate of drug-likeness (QED) is 0.646. The monoisotopic (exact) mass is 359 g/mol. The normalized spacial score (nSPS) is 11.0. The fourth-order valence-electron chi connectivity index (χ4n) is 1.77. The summed E-state index contributed by atoms with van der Waals surface area (Å²) >= 11 is 3.51. The van der Waals surface area contributed by atoms with Gasteiger partial charge < -0.3 is 19.9 Å². The summed E-state index contributed by atoms with van der Waals surface area (Å²) in [5.74, 6) is 2.09. The number of nitrogens with two attached hydrogens (primary N) is 1. The fourth-order valence-corrected chi connectivity index (χ4v) is 2.37. The van der Waals surface area contributed by atoms with Crippen LogP contribution in [0.25, 0.3) is 0 Å². The van der Waals surface area contributed by atoms with Gasteiger partial charge in [-0.3, -0.25) is 0 Å². The van der Waals surface area contributed by atoms with Gasteiger partial charge in [0.1, 0.15) is 6.61 Å². The highest BCUT2D eigenvalue weighted by Gasteiger charge is 2.11. The maximum absolute atomic E-state index is 5.79. The molecule has 0 heterocycles. The molecule has 5 heteroatoms. The van der Waals surface area contributed by atoms with E-state index in [1.54, 1.807) is 0 Å². The second kappa shape index (κ2) is 10.0. The van der Waals surface area contributed by atoms with Gasteiger partial charge in [-0.05, 0) is 52.9 Å². The van der Waals surface area contributed by atoms with E-state index in [9.17, 15) is 0 Å². The third-order valence-electron chi connectivity index (χ3n) is 2.92. The van der Waals surface area contributed by atoms with Crippen molar-refractivity contribution in [2.24, 2.45) is 11.7 Å². The van der Waals surface area contributed by atoms with Crippen LogP contribution in [0.5, 0.6) is 11.5 Å². The van der Waals surface area contributed by atoms with Crippen molar-refractivity contribution < 1.29 is 14.2 Å². The Morgan fingerprint density at radius 2 is 1.90 bits per heavy atom. The maximum Gasteiger partial charge on any atom is 0.175 e. The molecule has 0 radical (unpaired) electrons. The molecule has 0 aromatic heterocycles. The molecule has 120 valence electrons. The van der Waals surface area contributed by atoms with Crippen LogP contribution in [0.2, 0.25) is 0 Å². The lowest BCUT2D eigenvalue weighted by atomic mass is 10.1. The van der Waals surface area contributed by atoms with Gasteiger partial charge >= 0.3 is 0 Å². The predicted octanol–water partition coefficient (Wildman–Crippen LogP) is 3.75. The smallest absolute Gasteiger partial charge is 0.175 e. The molecule has 0 aliphatic heterocycles. The molecule has 0 amide bonds. The van der Waals surface area contributed by atoms with Crippen molar-refractivity contribution in [3.63, 3.8) is 0 Å². The highest BCUT2D eigenvalue weighted by Crippen LogP contribution is 2.36. The molecule has 2 N–H and O–H groups in total. The van der Waals surface area contributed by atoms with Crippen LogP contribution in [0.15, 0.2) is 16.6 Å². The van der Waals surface area contributed by atoms with Gasteiger partial charge in [0.2, 0.25) is 0 Å². The van der Waals surface area contributed by atoms with E-state index in [-0.39, 0.29) is 0 Å². The van der Waals surface area contributed by atoms with E-state index >= 15 is 0 Å². The summed E-state index contributed by atoms with van der Waals surface area (Å²) in [7, 11) is 0. The predicted molar refractivity (Wildman–Crippen MR) is 89.0 cm³/mol. The van der Waals surface area contributed by atoms with Crippen LogP contribution in [0.4, 0.5) is 0 Å². The molecule has 0 aliphatic carbocycles. The van der Waals surface area contributed by atoms with Gasteiger partial charge in [0, 0.05) is 13.2 Å². The molecule has 0 aliphatic rings. The largest absolute Gasteiger partial charge is 0.490 e. The van der Waals surface area contributed by atoms with Crippen molar-refractivity contribution in [1.82, 2.24) is 0 Å². The molecular formula is C16H26BrNO3. The van der Waals surface area contributed by atoms with Crippen LogP contribution in [-0.2, 0) is 11.3 Å². The van der Waals surface area contributed by atoms with Gasteiger partial charge in [-0.25, -0.2) is 0 Å². The highest BCUT2D eigenvalue weighted by atomic mass is 79.9. The van der Waals surface area contributed by atoms with Crippen molar-refractivity contribution in [1.29, 1.82) is 0 Å². The Hall–Kier alpha value is -0.780. The fraction of sp³-hybridized carbons (Fsp3) is 0.625. The summed E-state index contributed by atoms with van der Waals surface area (Å²) in [4.78, 5) is 0. The summed E-state index contributed by atoms with van der Waals surface area (Å²) in [5, 5.41) is 0. The van der Waals surface area contributed by atoms with Gasteiger partial charge in [0.25, 0.3) is 0 Å². The van der Waals surface area contributed by atoms with Crippen LogP contribution in [0.1, 0.15) is 32.8 Å². The average molecular weight is 360 g/mol. The summed E-state index contributed by atoms with van der Waals surface area (Å²) in [5.41, 5.74) is 6.68. The van der Waals surface area contributed by atoms with Crippen LogP contribution < -0.4 is 15.2 Å². The Kier molecular flexibility index (Phi) is 8.73. The van der Waals surface area contributed by atoms with Crippen molar-refractivity contribution >= 4 is 15.9 Å². The molecule has 0 spiro atoms. The minimum absolute atomic E-state index is 0.470. The molecular weight excluding hydrogens is 334 g/mol. The van der Waals surface area contributed by atoms with Gasteiger partial charge in [-0.2, -0.15) is 0 Å². The number of halogens is 1. The molecule has 0 unspecified atom stereocenters. The molecule has 1 aromatic carbocycles. The van der Waals surface area contributed by atoms with Crippen molar-refractivity contribution in [3.05, 3.63) is 22.2 Å². The minimum atomic E-state index is 0.470. The molecule has 1 rings (SSSR count). The van der Waals surface area contributed by atoms with Crippen LogP contribution in [0, 0.1) is 5.92 Å². The van der Waals surface area contributed by atoms with Gasteiger partial charge in [-0.15, -0.1) is 0 Å². The van der Waals surface area contributed by atoms with E-state index in [1.165, 1.54) is 0 Å². The number of ether oxygens (including phenoxy) is 3. The molecule has 0 bridgehead atoms. The zero-order valence-electron chi connectivity index (χ0n) is 13.2. The Labute approximate surface area is 136 Å². The first-order valence-corrected chi connectivity index (χ1v) is 8.23. The molecule has 4 nitrogen and oxygen atoms in total. The molecule has 1 aromatic rings. The molecule has 0 saturated heterocycles. The average Bonchev–Trinajstić information content (AvgIpc) is 2.44. The third kappa shape index (κ3) is 6.68. The van der Waals surface area contributed by atoms with Crippen molar-refractivity contribution in [2.45, 2.75) is 33.7 Å². The van der Waals surface area contributed by atoms with E-state index in [1.807, 2.05) is 19.1 Å². The lowest BCUT2D eigenvalue weighted by Gasteiger charge is -2.15. The first-order valence-electron chi connectivity index (χ1n) is 7.44. The molecule has 21 heavy (non-hydrogen) atoms. The van der Waals surface area contributed by atoms with Crippen LogP contribution >= 0.6 is 15.9 Å².